The summed E-state index contributed by atoms with van der Waals surface area (Å²) < 4.78 is 28.8. The number of imidazole rings is 1. The molecule has 2 aromatic heterocycles. The Bertz CT molecular complexity index is 1000. The number of nitrogens with zero attached hydrogens (tertiary/aromatic N) is 5. The molecular weight excluding hydrogens is 392 g/mol. The molecule has 1 aromatic carbocycles. The van der Waals surface area contributed by atoms with E-state index in [1.54, 1.807) is 31.8 Å². The van der Waals surface area contributed by atoms with E-state index in [9.17, 15) is 13.5 Å². The minimum Gasteiger partial charge on any atom is -0.364 e. The summed E-state index contributed by atoms with van der Waals surface area (Å²) in [7, 11) is 0. The number of aryl methyl sites for hydroxylation is 1. The highest BCUT2D eigenvalue weighted by Gasteiger charge is 2.21. The summed E-state index contributed by atoms with van der Waals surface area (Å²) >= 11 is 0.255. The number of hydrogen-bond donors (Lipinski definition) is 0. The van der Waals surface area contributed by atoms with Crippen LogP contribution < -0.4 is 4.90 Å². The van der Waals surface area contributed by atoms with Crippen LogP contribution in [0.15, 0.2) is 49.3 Å². The molecule has 0 saturated carbocycles. The van der Waals surface area contributed by atoms with Crippen molar-refractivity contribution < 1.29 is 8.28 Å². The van der Waals surface area contributed by atoms with Crippen LogP contribution in [0.5, 0.6) is 0 Å². The lowest BCUT2D eigenvalue weighted by Crippen LogP contribution is -2.30. The van der Waals surface area contributed by atoms with Crippen molar-refractivity contribution in [1.29, 1.82) is 5.26 Å². The number of halogens is 2. The lowest BCUT2D eigenvalue weighted by Gasteiger charge is -2.33. The molecule has 29 heavy (non-hydrogen) atoms. The van der Waals surface area contributed by atoms with E-state index in [2.05, 4.69) is 16.0 Å². The molecule has 2 heterocycles. The molecule has 3 rings (SSSR count). The van der Waals surface area contributed by atoms with E-state index in [-0.39, 0.29) is 29.5 Å². The molecule has 3 aromatic rings. The molecule has 0 fully saturated rings. The standard InChI is InChI=1S/C21H21F2N5S/c1-15-7-20(22)18(10-24)9-21(15)28(5-6-29-23)16(2)19-8-17(11-26-12-19)13-27-4-3-25-14-27/h3-4,7-9,11-12,14,16H,5-6,13H2,1-2H3. The Labute approximate surface area is 173 Å². The van der Waals surface area contributed by atoms with Gasteiger partial charge in [0.1, 0.15) is 11.9 Å². The molecule has 1 atom stereocenters. The van der Waals surface area contributed by atoms with Gasteiger partial charge in [0, 0.05) is 54.9 Å². The summed E-state index contributed by atoms with van der Waals surface area (Å²) in [5, 5.41) is 9.22. The average molecular weight is 413 g/mol. The maximum Gasteiger partial charge on any atom is 0.141 e. The van der Waals surface area contributed by atoms with E-state index < -0.39 is 5.82 Å². The summed E-state index contributed by atoms with van der Waals surface area (Å²) in [6, 6.07) is 6.68. The van der Waals surface area contributed by atoms with Gasteiger partial charge in [-0.25, -0.2) is 9.37 Å². The molecule has 1 unspecified atom stereocenters. The maximum absolute atomic E-state index is 14.0. The molecule has 0 bridgehead atoms. The highest BCUT2D eigenvalue weighted by Crippen LogP contribution is 2.32. The summed E-state index contributed by atoms with van der Waals surface area (Å²) in [6.45, 7) is 4.83. The highest BCUT2D eigenvalue weighted by molar-refractivity contribution is 7.94. The van der Waals surface area contributed by atoms with Crippen molar-refractivity contribution in [2.45, 2.75) is 26.4 Å². The summed E-state index contributed by atoms with van der Waals surface area (Å²) in [5.74, 6) is -0.296. The van der Waals surface area contributed by atoms with Gasteiger partial charge < -0.3 is 9.47 Å². The third-order valence-electron chi connectivity index (χ3n) is 4.82. The fraction of sp³-hybridized carbons (Fsp3) is 0.286. The van der Waals surface area contributed by atoms with Gasteiger partial charge in [0.05, 0.1) is 24.5 Å². The quantitative estimate of drug-likeness (QED) is 0.529. The van der Waals surface area contributed by atoms with Crippen molar-refractivity contribution in [3.05, 3.63) is 77.4 Å². The van der Waals surface area contributed by atoms with E-state index in [4.69, 9.17) is 0 Å². The molecule has 0 aliphatic carbocycles. The lowest BCUT2D eigenvalue weighted by atomic mass is 10.0. The number of hydrogen-bond acceptors (Lipinski definition) is 5. The van der Waals surface area contributed by atoms with Crippen molar-refractivity contribution in [2.75, 3.05) is 17.2 Å². The van der Waals surface area contributed by atoms with Crippen molar-refractivity contribution in [2.24, 2.45) is 0 Å². The van der Waals surface area contributed by atoms with Crippen LogP contribution in [0, 0.1) is 24.1 Å². The van der Waals surface area contributed by atoms with Crippen molar-refractivity contribution in [3.63, 3.8) is 0 Å². The molecule has 8 heteroatoms. The van der Waals surface area contributed by atoms with Crippen LogP contribution in [0.1, 0.15) is 35.2 Å². The molecular formula is C21H21F2N5S. The van der Waals surface area contributed by atoms with E-state index in [0.29, 0.717) is 24.3 Å². The Morgan fingerprint density at radius 1 is 1.28 bits per heavy atom. The van der Waals surface area contributed by atoms with Gasteiger partial charge >= 0.3 is 0 Å². The van der Waals surface area contributed by atoms with E-state index in [1.807, 2.05) is 28.7 Å². The van der Waals surface area contributed by atoms with Gasteiger partial charge in [-0.2, -0.15) is 9.15 Å². The molecule has 0 aliphatic heterocycles. The normalized spacial score (nSPS) is 11.8. The smallest absolute Gasteiger partial charge is 0.141 e. The fourth-order valence-electron chi connectivity index (χ4n) is 3.31. The summed E-state index contributed by atoms with van der Waals surface area (Å²) in [5.41, 5.74) is 3.35. The van der Waals surface area contributed by atoms with Gasteiger partial charge in [-0.1, -0.05) is 0 Å². The van der Waals surface area contributed by atoms with Crippen LogP contribution in [-0.4, -0.2) is 26.8 Å². The zero-order valence-electron chi connectivity index (χ0n) is 16.2. The van der Waals surface area contributed by atoms with Crippen LogP contribution in [0.3, 0.4) is 0 Å². The lowest BCUT2D eigenvalue weighted by molar-refractivity contribution is 0.620. The van der Waals surface area contributed by atoms with Crippen molar-refractivity contribution in [3.8, 4) is 6.07 Å². The number of aromatic nitrogens is 3. The fourth-order valence-corrected chi connectivity index (χ4v) is 3.57. The predicted molar refractivity (Wildman–Crippen MR) is 111 cm³/mol. The number of benzene rings is 1. The monoisotopic (exact) mass is 413 g/mol. The van der Waals surface area contributed by atoms with Gasteiger partial charge in [0.15, 0.2) is 0 Å². The Morgan fingerprint density at radius 3 is 2.79 bits per heavy atom. The molecule has 0 aliphatic rings. The van der Waals surface area contributed by atoms with Crippen LogP contribution in [0.25, 0.3) is 0 Å². The van der Waals surface area contributed by atoms with Gasteiger partial charge in [-0.3, -0.25) is 4.98 Å². The zero-order valence-corrected chi connectivity index (χ0v) is 17.0. The van der Waals surface area contributed by atoms with E-state index in [0.717, 1.165) is 11.1 Å². The first-order chi connectivity index (χ1) is 14.0. The number of rotatable bonds is 8. The van der Waals surface area contributed by atoms with Gasteiger partial charge in [-0.05, 0) is 48.7 Å². The second-order valence-electron chi connectivity index (χ2n) is 6.77. The average Bonchev–Trinajstić information content (AvgIpc) is 3.22. The maximum atomic E-state index is 14.0. The Morgan fingerprint density at radius 2 is 2.10 bits per heavy atom. The molecule has 0 amide bonds. The van der Waals surface area contributed by atoms with Crippen LogP contribution >= 0.6 is 12.1 Å². The SMILES string of the molecule is Cc1cc(F)c(C#N)cc1N(CCSF)C(C)c1cncc(Cn2ccnc2)c1. The van der Waals surface area contributed by atoms with Crippen LogP contribution in [-0.2, 0) is 6.54 Å². The minimum atomic E-state index is -0.551. The van der Waals surface area contributed by atoms with Crippen molar-refractivity contribution in [1.82, 2.24) is 14.5 Å². The topological polar surface area (TPSA) is 57.7 Å². The Hall–Kier alpha value is -2.92. The van der Waals surface area contributed by atoms with Crippen LogP contribution in [0.4, 0.5) is 14.0 Å². The molecule has 0 spiro atoms. The predicted octanol–water partition coefficient (Wildman–Crippen LogP) is 4.83. The first-order valence-corrected chi connectivity index (χ1v) is 10.0. The zero-order chi connectivity index (χ0) is 20.8. The summed E-state index contributed by atoms with van der Waals surface area (Å²) in [6.07, 6.45) is 8.93. The van der Waals surface area contributed by atoms with Crippen molar-refractivity contribution >= 4 is 17.8 Å². The molecule has 5 nitrogen and oxygen atoms in total. The third kappa shape index (κ3) is 4.93. The second-order valence-corrected chi connectivity index (χ2v) is 7.40. The third-order valence-corrected chi connectivity index (χ3v) is 5.15. The highest BCUT2D eigenvalue weighted by atomic mass is 32.2. The van der Waals surface area contributed by atoms with Crippen LogP contribution in [0.2, 0.25) is 0 Å². The molecule has 150 valence electrons. The van der Waals surface area contributed by atoms with E-state index in [1.165, 1.54) is 12.1 Å². The minimum absolute atomic E-state index is 0.0253. The second kappa shape index (κ2) is 9.52. The van der Waals surface area contributed by atoms with Gasteiger partial charge in [0.25, 0.3) is 0 Å². The number of anilines is 1. The number of pyridine rings is 1. The Balaban J connectivity index is 1.94. The van der Waals surface area contributed by atoms with E-state index >= 15 is 0 Å². The molecule has 0 radical (unpaired) electrons. The first kappa shape index (κ1) is 20.8. The molecule has 0 N–H and O–H groups in total. The Kier molecular flexibility index (Phi) is 6.83. The van der Waals surface area contributed by atoms with Gasteiger partial charge in [-0.15, -0.1) is 0 Å². The van der Waals surface area contributed by atoms with Gasteiger partial charge in [0.2, 0.25) is 0 Å². The molecule has 0 saturated heterocycles. The largest absolute Gasteiger partial charge is 0.364 e. The first-order valence-electron chi connectivity index (χ1n) is 9.13. The number of nitriles is 1. The summed E-state index contributed by atoms with van der Waals surface area (Å²) in [4.78, 5) is 10.4.